The van der Waals surface area contributed by atoms with E-state index in [1.54, 1.807) is 77.4 Å². The van der Waals surface area contributed by atoms with Gasteiger partial charge in [0.2, 0.25) is 17.4 Å². The van der Waals surface area contributed by atoms with Gasteiger partial charge in [0.25, 0.3) is 11.8 Å². The number of nitrogens with two attached hydrogens (primary N) is 1. The number of anilines is 2. The lowest BCUT2D eigenvalue weighted by Crippen LogP contribution is -2.44. The zero-order valence-corrected chi connectivity index (χ0v) is 51.7. The summed E-state index contributed by atoms with van der Waals surface area (Å²) in [4.78, 5) is 78.2. The largest absolute Gasteiger partial charge is 0.473 e. The average molecular weight is 1180 g/mol. The van der Waals surface area contributed by atoms with E-state index < -0.39 is 11.2 Å². The Morgan fingerprint density at radius 3 is 1.60 bits per heavy atom. The summed E-state index contributed by atoms with van der Waals surface area (Å²) in [6, 6.07) is 31.4. The summed E-state index contributed by atoms with van der Waals surface area (Å²) >= 11 is 1.42. The van der Waals surface area contributed by atoms with Crippen LogP contribution in [0, 0.1) is 25.2 Å². The minimum Gasteiger partial charge on any atom is -0.473 e. The molecule has 6 N–H and O–H groups in total. The third-order valence-electron chi connectivity index (χ3n) is 14.0. The van der Waals surface area contributed by atoms with E-state index >= 15 is 0 Å². The van der Waals surface area contributed by atoms with Crippen molar-refractivity contribution in [3.05, 3.63) is 146 Å². The number of nitrogens with zero attached hydrogens (tertiary/aromatic N) is 5. The molecule has 0 atom stereocenters. The number of thioether (sulfide) groups is 1. The fourth-order valence-corrected chi connectivity index (χ4v) is 9.11. The number of nitrogen functional groups attached to an aromatic ring is 1. The van der Waals surface area contributed by atoms with Gasteiger partial charge in [-0.05, 0) is 142 Å². The second-order valence-corrected chi connectivity index (χ2v) is 24.4. The zero-order chi connectivity index (χ0) is 62.2. The van der Waals surface area contributed by atoms with Gasteiger partial charge in [0, 0.05) is 91.0 Å². The first-order valence-corrected chi connectivity index (χ1v) is 30.1. The minimum atomic E-state index is -0.574. The lowest BCUT2D eigenvalue weighted by atomic mass is 10.0. The number of aliphatic hydroxyl groups excluding tert-OH is 1. The van der Waals surface area contributed by atoms with Crippen LogP contribution in [0.1, 0.15) is 158 Å². The third kappa shape index (κ3) is 20.0. The summed E-state index contributed by atoms with van der Waals surface area (Å²) in [7, 11) is 1.87. The average Bonchev–Trinajstić information content (AvgIpc) is 2.40. The van der Waals surface area contributed by atoms with Crippen LogP contribution in [-0.2, 0) is 9.47 Å². The number of rotatable bonds is 13. The standard InChI is InChI=1S/C31H37N5O5.C12H16N2O.C12H11NOS.C10H19NO3/c1-19-10-11-21(28(38)33-22-12-13-22)18-24(19)36-27(32)25(26(37)20-8-6-5-7-9-20)29(34-36)40-23-14-16-35(17-15-23)30(39)41-31(2,3)4;1-8-3-4-9(7-11(8)13-2)12(15)14-10-5-6-10;1-9(15-2)11(8-13)12(14)10-6-4-3-5-7-10;1-10(2,3)14-9(13)11-6-4-8(12)5-7-11/h5-11,18,22-23H,12-17,32H2,1-4H3,(H,33,38);3-4,7,10,13H,5-6H2,1-2H3,(H,14,15);3-7H,1-2H3;8,12H,4-7H2,1-3H3/b;;11-9+;. The monoisotopic (exact) mass is 1180 g/mol. The predicted molar refractivity (Wildman–Crippen MR) is 331 cm³/mol. The fourth-order valence-electron chi connectivity index (χ4n) is 8.77. The number of piperidine rings is 2. The van der Waals surface area contributed by atoms with Crippen molar-refractivity contribution < 1.29 is 48.1 Å². The molecular formula is C65H83N9O10S. The van der Waals surface area contributed by atoms with Gasteiger partial charge in [-0.3, -0.25) is 19.2 Å². The number of carbonyl (C=O) groups excluding carboxylic acids is 6. The van der Waals surface area contributed by atoms with Crippen molar-refractivity contribution in [2.45, 2.75) is 149 Å². The van der Waals surface area contributed by atoms with E-state index in [1.165, 1.54) is 16.4 Å². The highest BCUT2D eigenvalue weighted by atomic mass is 32.2. The van der Waals surface area contributed by atoms with E-state index in [1.807, 2.05) is 111 Å². The highest BCUT2D eigenvalue weighted by Gasteiger charge is 2.33. The minimum absolute atomic E-state index is 0.0361. The fraction of sp³-hybridized carbons (Fsp3) is 0.446. The summed E-state index contributed by atoms with van der Waals surface area (Å²) in [5, 5.41) is 31.9. The molecule has 1 aromatic heterocycles. The van der Waals surface area contributed by atoms with E-state index in [4.69, 9.17) is 25.2 Å². The maximum Gasteiger partial charge on any atom is 0.410 e. The number of Topliss-reactive ketones (excluding diaryl/α,β-unsaturated/α-hetero) is 1. The molecule has 5 aromatic rings. The number of aryl methyl sites for hydroxylation is 2. The van der Waals surface area contributed by atoms with Gasteiger partial charge in [0.05, 0.1) is 11.8 Å². The first-order chi connectivity index (χ1) is 40.3. The van der Waals surface area contributed by atoms with Crippen LogP contribution in [0.25, 0.3) is 5.69 Å². The number of carbonyl (C=O) groups is 6. The molecule has 19 nitrogen and oxygen atoms in total. The Labute approximate surface area is 504 Å². The Bertz CT molecular complexity index is 3210. The van der Waals surface area contributed by atoms with E-state index in [0.717, 1.165) is 53.0 Å². The van der Waals surface area contributed by atoms with Crippen LogP contribution in [0.4, 0.5) is 21.1 Å². The van der Waals surface area contributed by atoms with Crippen molar-refractivity contribution in [1.29, 1.82) is 5.26 Å². The van der Waals surface area contributed by atoms with Gasteiger partial charge in [0.1, 0.15) is 40.3 Å². The second-order valence-electron chi connectivity index (χ2n) is 23.4. The summed E-state index contributed by atoms with van der Waals surface area (Å²) in [5.74, 6) is -0.384. The van der Waals surface area contributed by atoms with Crippen molar-refractivity contribution in [3.8, 4) is 17.6 Å². The Hall–Kier alpha value is -8.15. The van der Waals surface area contributed by atoms with Crippen LogP contribution in [0.15, 0.2) is 108 Å². The Morgan fingerprint density at radius 2 is 1.14 bits per heavy atom. The molecule has 2 saturated heterocycles. The van der Waals surface area contributed by atoms with Gasteiger partial charge in [-0.1, -0.05) is 72.8 Å². The molecule has 0 spiro atoms. The Balaban J connectivity index is 0.000000214. The van der Waals surface area contributed by atoms with Crippen LogP contribution in [0.2, 0.25) is 0 Å². The summed E-state index contributed by atoms with van der Waals surface area (Å²) in [6.07, 6.45) is 7.29. The highest BCUT2D eigenvalue weighted by Crippen LogP contribution is 2.33. The number of likely N-dealkylation sites (tertiary alicyclic amines) is 2. The van der Waals surface area contributed by atoms with Gasteiger partial charge in [-0.2, -0.15) is 5.26 Å². The van der Waals surface area contributed by atoms with Gasteiger partial charge in [0.15, 0.2) is 0 Å². The van der Waals surface area contributed by atoms with Gasteiger partial charge < -0.3 is 50.8 Å². The summed E-state index contributed by atoms with van der Waals surface area (Å²) < 4.78 is 18.5. The van der Waals surface area contributed by atoms with E-state index in [-0.39, 0.29) is 76.7 Å². The van der Waals surface area contributed by atoms with E-state index in [0.29, 0.717) is 80.3 Å². The van der Waals surface area contributed by atoms with Crippen LogP contribution < -0.4 is 26.4 Å². The molecule has 2 saturated carbocycles. The van der Waals surface area contributed by atoms with Gasteiger partial charge >= 0.3 is 12.2 Å². The van der Waals surface area contributed by atoms with Crippen LogP contribution in [0.3, 0.4) is 0 Å². The molecule has 0 radical (unpaired) electrons. The number of amides is 4. The molecule has 4 aromatic carbocycles. The van der Waals surface area contributed by atoms with Gasteiger partial charge in [-0.15, -0.1) is 16.9 Å². The number of aliphatic hydroxyl groups is 1. The molecule has 0 bridgehead atoms. The normalized spacial score (nSPS) is 15.5. The molecule has 20 heteroatoms. The lowest BCUT2D eigenvalue weighted by molar-refractivity contribution is 0.00950. The zero-order valence-electron chi connectivity index (χ0n) is 50.9. The topological polar surface area (TPSA) is 261 Å². The molecule has 85 heavy (non-hydrogen) atoms. The highest BCUT2D eigenvalue weighted by molar-refractivity contribution is 8.02. The van der Waals surface area contributed by atoms with Gasteiger partial charge in [-0.25, -0.2) is 14.3 Å². The number of hydrogen-bond donors (Lipinski definition) is 5. The maximum atomic E-state index is 13.7. The maximum absolute atomic E-state index is 13.7. The smallest absolute Gasteiger partial charge is 0.410 e. The lowest BCUT2D eigenvalue weighted by Gasteiger charge is -2.33. The Kier molecular flexibility index (Phi) is 23.4. The first kappa shape index (κ1) is 66.0. The van der Waals surface area contributed by atoms with E-state index in [9.17, 15) is 33.9 Å². The number of ether oxygens (including phenoxy) is 3. The number of allylic oxidation sites excluding steroid dienone is 2. The number of benzene rings is 4. The number of hydrogen-bond acceptors (Lipinski definition) is 15. The molecule has 3 heterocycles. The van der Waals surface area contributed by atoms with Crippen molar-refractivity contribution in [1.82, 2.24) is 30.2 Å². The molecule has 4 amide bonds. The number of aromatic nitrogens is 2. The molecule has 9 rings (SSSR count). The second kappa shape index (κ2) is 30.1. The number of nitrogens with one attached hydrogen (secondary N) is 3. The quantitative estimate of drug-likeness (QED) is 0.0417. The molecule has 2 aliphatic carbocycles. The molecule has 0 unspecified atom stereocenters. The Morgan fingerprint density at radius 1 is 0.671 bits per heavy atom. The molecule has 4 fully saturated rings. The molecule has 4 aliphatic rings. The van der Waals surface area contributed by atoms with Crippen molar-refractivity contribution >= 4 is 58.8 Å². The predicted octanol–water partition coefficient (Wildman–Crippen LogP) is 11.0. The molecule has 2 aliphatic heterocycles. The van der Waals surface area contributed by atoms with Crippen molar-refractivity contribution in [3.63, 3.8) is 0 Å². The summed E-state index contributed by atoms with van der Waals surface area (Å²) in [6.45, 7) is 18.9. The number of nitriles is 1. The third-order valence-corrected chi connectivity index (χ3v) is 14.8. The molecule has 454 valence electrons. The molecular weight excluding hydrogens is 1100 g/mol. The van der Waals surface area contributed by atoms with Crippen LogP contribution >= 0.6 is 11.8 Å². The van der Waals surface area contributed by atoms with Crippen molar-refractivity contribution in [2.24, 2.45) is 0 Å². The first-order valence-electron chi connectivity index (χ1n) is 28.8. The van der Waals surface area contributed by atoms with Crippen LogP contribution in [0.5, 0.6) is 5.88 Å². The number of ketones is 2. The van der Waals surface area contributed by atoms with Crippen LogP contribution in [-0.4, -0.2) is 135 Å². The van der Waals surface area contributed by atoms with E-state index in [2.05, 4.69) is 21.0 Å². The van der Waals surface area contributed by atoms with Crippen molar-refractivity contribution in [2.75, 3.05) is 50.5 Å². The SMILES string of the molecule is CC(C)(C)OC(=O)N1CCC(O)CC1.CNc1cc(C(=O)NC2CC2)ccc1C.CS/C(C)=C(\C#N)C(=O)c1ccccc1.Cc1ccc(C(=O)NC2CC2)cc1-n1nc(OC2CCN(C(=O)OC(C)(C)C)CC2)c(C(=O)c2ccccc2)c1N. The summed E-state index contributed by atoms with van der Waals surface area (Å²) in [5.41, 5.74) is 11.8.